The Morgan fingerprint density at radius 2 is 2.00 bits per heavy atom. The van der Waals surface area contributed by atoms with Crippen molar-refractivity contribution in [2.75, 3.05) is 4.72 Å². The van der Waals surface area contributed by atoms with Gasteiger partial charge in [0.1, 0.15) is 4.21 Å². The van der Waals surface area contributed by atoms with E-state index in [0.29, 0.717) is 5.56 Å². The van der Waals surface area contributed by atoms with Crippen LogP contribution in [-0.2, 0) is 10.0 Å². The maximum atomic E-state index is 12.1. The molecule has 2 rings (SSSR count). The molecule has 1 heterocycles. The number of aromatic carboxylic acids is 1. The molecule has 0 bridgehead atoms. The number of para-hydroxylation sites is 1. The minimum atomic E-state index is -3.74. The second kappa shape index (κ2) is 5.02. The van der Waals surface area contributed by atoms with Gasteiger partial charge in [0, 0.05) is 0 Å². The number of carbonyl (C=O) groups is 1. The molecule has 0 unspecified atom stereocenters. The van der Waals surface area contributed by atoms with Crippen molar-refractivity contribution < 1.29 is 18.3 Å². The van der Waals surface area contributed by atoms with Crippen LogP contribution in [0.2, 0.25) is 0 Å². The molecule has 100 valence electrons. The Kier molecular flexibility index (Phi) is 3.59. The monoisotopic (exact) mass is 297 g/mol. The number of hydrogen-bond donors (Lipinski definition) is 2. The molecule has 2 N–H and O–H groups in total. The van der Waals surface area contributed by atoms with Gasteiger partial charge in [-0.2, -0.15) is 0 Å². The van der Waals surface area contributed by atoms with Gasteiger partial charge in [-0.1, -0.05) is 18.2 Å². The Bertz CT molecular complexity index is 705. The molecule has 0 aliphatic heterocycles. The average Bonchev–Trinajstić information content (AvgIpc) is 2.85. The summed E-state index contributed by atoms with van der Waals surface area (Å²) in [5, 5.41) is 10.7. The van der Waals surface area contributed by atoms with E-state index >= 15 is 0 Å². The standard InChI is InChI=1S/C12H11NO4S2/c1-8-4-2-5-9(12(14)15)11(8)13-19(16,17)10-6-3-7-18-10/h2-7,13H,1H3,(H,14,15). The van der Waals surface area contributed by atoms with Gasteiger partial charge in [-0.05, 0) is 30.0 Å². The Balaban J connectivity index is 2.48. The average molecular weight is 297 g/mol. The van der Waals surface area contributed by atoms with Gasteiger partial charge in [-0.3, -0.25) is 4.72 Å². The first kappa shape index (κ1) is 13.6. The van der Waals surface area contributed by atoms with Crippen molar-refractivity contribution in [1.82, 2.24) is 0 Å². The van der Waals surface area contributed by atoms with Gasteiger partial charge in [-0.15, -0.1) is 11.3 Å². The van der Waals surface area contributed by atoms with Crippen LogP contribution < -0.4 is 4.72 Å². The molecule has 0 radical (unpaired) electrons. The first-order valence-electron chi connectivity index (χ1n) is 5.31. The third-order valence-electron chi connectivity index (χ3n) is 2.50. The maximum Gasteiger partial charge on any atom is 0.337 e. The van der Waals surface area contributed by atoms with Crippen molar-refractivity contribution in [3.05, 3.63) is 46.8 Å². The number of hydrogen-bond acceptors (Lipinski definition) is 4. The van der Waals surface area contributed by atoms with Crippen molar-refractivity contribution in [2.45, 2.75) is 11.1 Å². The van der Waals surface area contributed by atoms with Crippen LogP contribution in [0, 0.1) is 6.92 Å². The molecule has 0 saturated heterocycles. The number of benzene rings is 1. The fourth-order valence-corrected chi connectivity index (χ4v) is 3.73. The predicted molar refractivity (Wildman–Crippen MR) is 73.3 cm³/mol. The van der Waals surface area contributed by atoms with Gasteiger partial charge in [-0.25, -0.2) is 13.2 Å². The first-order chi connectivity index (χ1) is 8.92. The topological polar surface area (TPSA) is 83.5 Å². The number of carboxylic acid groups (broad SMARTS) is 1. The molecule has 2 aromatic rings. The SMILES string of the molecule is Cc1cccc(C(=O)O)c1NS(=O)(=O)c1cccs1. The molecular weight excluding hydrogens is 286 g/mol. The minimum absolute atomic E-state index is 0.0693. The van der Waals surface area contributed by atoms with Crippen LogP contribution in [0.25, 0.3) is 0 Å². The number of rotatable bonds is 4. The van der Waals surface area contributed by atoms with Gasteiger partial charge in [0.15, 0.2) is 0 Å². The quantitative estimate of drug-likeness (QED) is 0.908. The summed E-state index contributed by atoms with van der Waals surface area (Å²) in [7, 11) is -3.74. The molecule has 1 aromatic heterocycles. The molecule has 0 aliphatic rings. The normalized spacial score (nSPS) is 11.2. The van der Waals surface area contributed by atoms with E-state index in [1.807, 2.05) is 0 Å². The number of aryl methyl sites for hydroxylation is 1. The van der Waals surface area contributed by atoms with Crippen molar-refractivity contribution in [2.24, 2.45) is 0 Å². The fraction of sp³-hybridized carbons (Fsp3) is 0.0833. The summed E-state index contributed by atoms with van der Waals surface area (Å²) in [6.07, 6.45) is 0. The second-order valence-corrected chi connectivity index (χ2v) is 6.70. The Hall–Kier alpha value is -1.86. The largest absolute Gasteiger partial charge is 0.478 e. The molecule has 5 nitrogen and oxygen atoms in total. The third kappa shape index (κ3) is 2.77. The highest BCUT2D eigenvalue weighted by Crippen LogP contribution is 2.25. The van der Waals surface area contributed by atoms with Crippen molar-refractivity contribution in [1.29, 1.82) is 0 Å². The summed E-state index contributed by atoms with van der Waals surface area (Å²) < 4.78 is 26.7. The van der Waals surface area contributed by atoms with E-state index in [2.05, 4.69) is 4.72 Å². The summed E-state index contributed by atoms with van der Waals surface area (Å²) in [5.41, 5.74) is 0.587. The lowest BCUT2D eigenvalue weighted by molar-refractivity contribution is 0.0698. The molecule has 0 fully saturated rings. The maximum absolute atomic E-state index is 12.1. The molecule has 0 spiro atoms. The Labute approximate surface area is 114 Å². The number of carboxylic acids is 1. The summed E-state index contributed by atoms with van der Waals surface area (Å²) in [6.45, 7) is 1.65. The zero-order valence-corrected chi connectivity index (χ0v) is 11.6. The van der Waals surface area contributed by atoms with Crippen LogP contribution in [0.3, 0.4) is 0 Å². The summed E-state index contributed by atoms with van der Waals surface area (Å²) in [5.74, 6) is -1.17. The van der Waals surface area contributed by atoms with Crippen LogP contribution >= 0.6 is 11.3 Å². The van der Waals surface area contributed by atoms with E-state index in [9.17, 15) is 13.2 Å². The lowest BCUT2D eigenvalue weighted by Crippen LogP contribution is -2.15. The minimum Gasteiger partial charge on any atom is -0.478 e. The first-order valence-corrected chi connectivity index (χ1v) is 7.67. The van der Waals surface area contributed by atoms with Crippen LogP contribution in [-0.4, -0.2) is 19.5 Å². The lowest BCUT2D eigenvalue weighted by Gasteiger charge is -2.12. The predicted octanol–water partition coefficient (Wildman–Crippen LogP) is 2.56. The second-order valence-electron chi connectivity index (χ2n) is 3.84. The highest BCUT2D eigenvalue weighted by atomic mass is 32.2. The molecule has 0 aliphatic carbocycles. The molecular formula is C12H11NO4S2. The zero-order chi connectivity index (χ0) is 14.0. The molecule has 0 atom stereocenters. The number of anilines is 1. The Morgan fingerprint density at radius 3 is 2.58 bits per heavy atom. The van der Waals surface area contributed by atoms with Crippen LogP contribution in [0.15, 0.2) is 39.9 Å². The smallest absolute Gasteiger partial charge is 0.337 e. The van der Waals surface area contributed by atoms with Crippen LogP contribution in [0.4, 0.5) is 5.69 Å². The molecule has 7 heteroatoms. The van der Waals surface area contributed by atoms with E-state index in [0.717, 1.165) is 11.3 Å². The molecule has 0 amide bonds. The highest BCUT2D eigenvalue weighted by Gasteiger charge is 2.20. The van der Waals surface area contributed by atoms with E-state index in [4.69, 9.17) is 5.11 Å². The van der Waals surface area contributed by atoms with E-state index < -0.39 is 16.0 Å². The zero-order valence-electron chi connectivity index (χ0n) is 9.95. The Morgan fingerprint density at radius 1 is 1.26 bits per heavy atom. The van der Waals surface area contributed by atoms with Crippen molar-refractivity contribution >= 4 is 33.0 Å². The van der Waals surface area contributed by atoms with E-state index in [1.54, 1.807) is 30.5 Å². The van der Waals surface area contributed by atoms with Gasteiger partial charge in [0.2, 0.25) is 0 Å². The number of sulfonamides is 1. The van der Waals surface area contributed by atoms with Gasteiger partial charge in [0.05, 0.1) is 11.3 Å². The van der Waals surface area contributed by atoms with Crippen LogP contribution in [0.5, 0.6) is 0 Å². The van der Waals surface area contributed by atoms with Crippen molar-refractivity contribution in [3.63, 3.8) is 0 Å². The number of nitrogens with one attached hydrogen (secondary N) is 1. The summed E-state index contributed by atoms with van der Waals surface area (Å²) in [6, 6.07) is 7.67. The molecule has 1 aromatic carbocycles. The van der Waals surface area contributed by atoms with E-state index in [1.165, 1.54) is 12.1 Å². The van der Waals surface area contributed by atoms with Crippen LogP contribution in [0.1, 0.15) is 15.9 Å². The fourth-order valence-electron chi connectivity index (χ4n) is 1.58. The van der Waals surface area contributed by atoms with Crippen molar-refractivity contribution in [3.8, 4) is 0 Å². The lowest BCUT2D eigenvalue weighted by atomic mass is 10.1. The third-order valence-corrected chi connectivity index (χ3v) is 5.25. The van der Waals surface area contributed by atoms with Gasteiger partial charge >= 0.3 is 5.97 Å². The number of thiophene rings is 1. The summed E-state index contributed by atoms with van der Waals surface area (Å²) in [4.78, 5) is 11.1. The van der Waals surface area contributed by atoms with Gasteiger partial charge < -0.3 is 5.11 Å². The van der Waals surface area contributed by atoms with E-state index in [-0.39, 0.29) is 15.5 Å². The molecule has 0 saturated carbocycles. The molecule has 19 heavy (non-hydrogen) atoms. The summed E-state index contributed by atoms with van der Waals surface area (Å²) >= 11 is 1.07. The van der Waals surface area contributed by atoms with Gasteiger partial charge in [0.25, 0.3) is 10.0 Å². The highest BCUT2D eigenvalue weighted by molar-refractivity contribution is 7.94.